The van der Waals surface area contributed by atoms with Gasteiger partial charge in [0.1, 0.15) is 0 Å². The number of rotatable bonds is 9. The molecule has 0 aromatic rings. The van der Waals surface area contributed by atoms with E-state index in [-0.39, 0.29) is 5.41 Å². The van der Waals surface area contributed by atoms with Crippen molar-refractivity contribution in [3.8, 4) is 0 Å². The molecule has 3 unspecified atom stereocenters. The molecule has 0 heterocycles. The van der Waals surface area contributed by atoms with E-state index >= 15 is 0 Å². The van der Waals surface area contributed by atoms with E-state index < -0.39 is 0 Å². The molecular formula is C13H27NO3. The summed E-state index contributed by atoms with van der Waals surface area (Å²) in [7, 11) is 3.71. The predicted octanol–water partition coefficient (Wildman–Crippen LogP) is 1.44. The quantitative estimate of drug-likeness (QED) is 0.624. The van der Waals surface area contributed by atoms with Crippen LogP contribution in [0.15, 0.2) is 0 Å². The lowest BCUT2D eigenvalue weighted by molar-refractivity contribution is -0.136. The van der Waals surface area contributed by atoms with E-state index in [0.717, 1.165) is 12.8 Å². The van der Waals surface area contributed by atoms with Crippen LogP contribution in [-0.4, -0.2) is 52.7 Å². The van der Waals surface area contributed by atoms with Crippen molar-refractivity contribution in [1.82, 2.24) is 5.32 Å². The molecule has 3 atom stereocenters. The Morgan fingerprint density at radius 1 is 1.24 bits per heavy atom. The first-order chi connectivity index (χ1) is 8.19. The van der Waals surface area contributed by atoms with Crippen molar-refractivity contribution >= 4 is 0 Å². The number of methoxy groups -OCH3 is 1. The highest BCUT2D eigenvalue weighted by molar-refractivity contribution is 5.04. The molecule has 1 aliphatic carbocycles. The zero-order chi connectivity index (χ0) is 12.7. The highest BCUT2D eigenvalue weighted by Gasteiger charge is 2.50. The van der Waals surface area contributed by atoms with Gasteiger partial charge in [0.05, 0.1) is 32.5 Å². The second-order valence-electron chi connectivity index (χ2n) is 4.90. The van der Waals surface area contributed by atoms with Gasteiger partial charge in [0, 0.05) is 18.6 Å². The number of hydrogen-bond donors (Lipinski definition) is 1. The molecule has 1 N–H and O–H groups in total. The summed E-state index contributed by atoms with van der Waals surface area (Å²) in [6.07, 6.45) is 2.63. The Kier molecular flexibility index (Phi) is 6.41. The molecule has 0 bridgehead atoms. The summed E-state index contributed by atoms with van der Waals surface area (Å²) in [6, 6.07) is 0.590. The summed E-state index contributed by atoms with van der Waals surface area (Å²) in [5.41, 5.74) is 0.279. The monoisotopic (exact) mass is 245 g/mol. The van der Waals surface area contributed by atoms with Gasteiger partial charge >= 0.3 is 0 Å². The summed E-state index contributed by atoms with van der Waals surface area (Å²) in [5, 5.41) is 3.36. The maximum Gasteiger partial charge on any atom is 0.0704 e. The maximum atomic E-state index is 5.89. The van der Waals surface area contributed by atoms with Gasteiger partial charge in [-0.1, -0.05) is 13.8 Å². The first-order valence-corrected chi connectivity index (χ1v) is 6.54. The van der Waals surface area contributed by atoms with E-state index in [1.165, 1.54) is 0 Å². The summed E-state index contributed by atoms with van der Waals surface area (Å²) in [5.74, 6) is 0. The minimum Gasteiger partial charge on any atom is -0.382 e. The van der Waals surface area contributed by atoms with Crippen LogP contribution in [0.2, 0.25) is 0 Å². The van der Waals surface area contributed by atoms with Crippen molar-refractivity contribution in [1.29, 1.82) is 0 Å². The minimum atomic E-state index is 0.279. The molecule has 4 heteroatoms. The van der Waals surface area contributed by atoms with Crippen LogP contribution in [0, 0.1) is 5.41 Å². The molecule has 0 aromatic carbocycles. The molecule has 0 amide bonds. The van der Waals surface area contributed by atoms with Crippen molar-refractivity contribution in [2.75, 3.05) is 40.6 Å². The highest BCUT2D eigenvalue weighted by Crippen LogP contribution is 2.45. The highest BCUT2D eigenvalue weighted by atomic mass is 16.5. The fourth-order valence-corrected chi connectivity index (χ4v) is 2.49. The molecule has 1 fully saturated rings. The van der Waals surface area contributed by atoms with Crippen molar-refractivity contribution < 1.29 is 14.2 Å². The fourth-order valence-electron chi connectivity index (χ4n) is 2.49. The third kappa shape index (κ3) is 3.65. The topological polar surface area (TPSA) is 39.7 Å². The van der Waals surface area contributed by atoms with Crippen LogP contribution < -0.4 is 5.32 Å². The largest absolute Gasteiger partial charge is 0.382 e. The van der Waals surface area contributed by atoms with E-state index in [0.29, 0.717) is 38.6 Å². The summed E-state index contributed by atoms with van der Waals surface area (Å²) >= 11 is 0. The Bertz CT molecular complexity index is 213. The molecule has 17 heavy (non-hydrogen) atoms. The summed E-state index contributed by atoms with van der Waals surface area (Å²) in [4.78, 5) is 0. The lowest BCUT2D eigenvalue weighted by atomic mass is 9.61. The van der Waals surface area contributed by atoms with Gasteiger partial charge in [0.15, 0.2) is 0 Å². The minimum absolute atomic E-state index is 0.279. The Hall–Kier alpha value is -0.160. The van der Waals surface area contributed by atoms with Crippen molar-refractivity contribution in [3.63, 3.8) is 0 Å². The normalized spacial score (nSPS) is 32.5. The fraction of sp³-hybridized carbons (Fsp3) is 1.00. The molecular weight excluding hydrogens is 218 g/mol. The van der Waals surface area contributed by atoms with Crippen LogP contribution in [0.4, 0.5) is 0 Å². The van der Waals surface area contributed by atoms with Crippen molar-refractivity contribution in [2.45, 2.75) is 38.8 Å². The molecule has 1 aliphatic rings. The Labute approximate surface area is 105 Å². The van der Waals surface area contributed by atoms with Gasteiger partial charge in [-0.05, 0) is 19.9 Å². The lowest BCUT2D eigenvalue weighted by Gasteiger charge is -2.53. The van der Waals surface area contributed by atoms with Gasteiger partial charge in [-0.2, -0.15) is 0 Å². The van der Waals surface area contributed by atoms with Gasteiger partial charge < -0.3 is 19.5 Å². The van der Waals surface area contributed by atoms with Gasteiger partial charge in [0.25, 0.3) is 0 Å². The summed E-state index contributed by atoms with van der Waals surface area (Å²) in [6.45, 7) is 7.17. The van der Waals surface area contributed by atoms with Crippen LogP contribution in [0.1, 0.15) is 26.7 Å². The smallest absolute Gasteiger partial charge is 0.0704 e. The zero-order valence-corrected chi connectivity index (χ0v) is 11.6. The van der Waals surface area contributed by atoms with Crippen LogP contribution in [-0.2, 0) is 14.2 Å². The number of hydrogen-bond acceptors (Lipinski definition) is 4. The number of ether oxygens (including phenoxy) is 3. The van der Waals surface area contributed by atoms with Crippen LogP contribution >= 0.6 is 0 Å². The van der Waals surface area contributed by atoms with Crippen LogP contribution in [0.5, 0.6) is 0 Å². The van der Waals surface area contributed by atoms with E-state index in [1.807, 2.05) is 7.05 Å². The van der Waals surface area contributed by atoms with Gasteiger partial charge in [-0.3, -0.25) is 0 Å². The number of nitrogens with one attached hydrogen (secondary N) is 1. The third-order valence-electron chi connectivity index (χ3n) is 4.07. The predicted molar refractivity (Wildman–Crippen MR) is 68.3 cm³/mol. The van der Waals surface area contributed by atoms with Gasteiger partial charge in [0.2, 0.25) is 0 Å². The van der Waals surface area contributed by atoms with Crippen molar-refractivity contribution in [3.05, 3.63) is 0 Å². The van der Waals surface area contributed by atoms with Gasteiger partial charge in [-0.25, -0.2) is 0 Å². The molecule has 4 nitrogen and oxygen atoms in total. The van der Waals surface area contributed by atoms with Crippen LogP contribution in [0.3, 0.4) is 0 Å². The van der Waals surface area contributed by atoms with E-state index in [1.54, 1.807) is 7.11 Å². The molecule has 0 spiro atoms. The van der Waals surface area contributed by atoms with E-state index in [2.05, 4.69) is 19.2 Å². The zero-order valence-electron chi connectivity index (χ0n) is 11.6. The second-order valence-corrected chi connectivity index (χ2v) is 4.90. The van der Waals surface area contributed by atoms with Crippen LogP contribution in [0.25, 0.3) is 0 Å². The lowest BCUT2D eigenvalue weighted by Crippen LogP contribution is -2.61. The first-order valence-electron chi connectivity index (χ1n) is 6.54. The molecule has 1 rings (SSSR count). The molecule has 0 saturated heterocycles. The van der Waals surface area contributed by atoms with Gasteiger partial charge in [-0.15, -0.1) is 0 Å². The Balaban J connectivity index is 2.12. The second kappa shape index (κ2) is 7.31. The van der Waals surface area contributed by atoms with E-state index in [9.17, 15) is 0 Å². The summed E-state index contributed by atoms with van der Waals surface area (Å²) < 4.78 is 16.2. The SMILES string of the molecule is CCC1(C)C(NC)CC1OCCOCCOC. The molecule has 102 valence electrons. The molecule has 0 aromatic heterocycles. The molecule has 0 radical (unpaired) electrons. The first kappa shape index (κ1) is 14.9. The van der Waals surface area contributed by atoms with Crippen molar-refractivity contribution in [2.24, 2.45) is 5.41 Å². The molecule has 0 aliphatic heterocycles. The Morgan fingerprint density at radius 3 is 2.53 bits per heavy atom. The molecule has 1 saturated carbocycles. The van der Waals surface area contributed by atoms with E-state index in [4.69, 9.17) is 14.2 Å². The Morgan fingerprint density at radius 2 is 1.94 bits per heavy atom. The average molecular weight is 245 g/mol. The standard InChI is InChI=1S/C13H27NO3/c1-5-13(2)11(14-3)10-12(13)17-9-8-16-7-6-15-4/h11-12,14H,5-10H2,1-4H3. The average Bonchev–Trinajstić information content (AvgIpc) is 2.35. The maximum absolute atomic E-state index is 5.89. The third-order valence-corrected chi connectivity index (χ3v) is 4.07.